The van der Waals surface area contributed by atoms with Crippen LogP contribution < -0.4 is 11.1 Å². The molecule has 0 saturated heterocycles. The number of carbonyl (C=O) groups is 2. The molecule has 6 nitrogen and oxygen atoms in total. The van der Waals surface area contributed by atoms with Crippen molar-refractivity contribution < 1.29 is 19.8 Å². The fraction of sp³-hybridized carbons (Fsp3) is 0.429. The van der Waals surface area contributed by atoms with Crippen LogP contribution in [0.3, 0.4) is 0 Å². The minimum Gasteiger partial charge on any atom is -0.481 e. The Labute approximate surface area is 117 Å². The van der Waals surface area contributed by atoms with Gasteiger partial charge < -0.3 is 21.3 Å². The monoisotopic (exact) mass is 280 g/mol. The van der Waals surface area contributed by atoms with Crippen LogP contribution in [0.1, 0.15) is 30.5 Å². The Morgan fingerprint density at radius 1 is 1.35 bits per heavy atom. The van der Waals surface area contributed by atoms with Gasteiger partial charge in [-0.15, -0.1) is 0 Å². The number of carboxylic acid groups (broad SMARTS) is 1. The SMILES string of the molecule is Cc1ccc(C(N)C(=O)NCC(C)(O)CC(=O)O)cc1. The summed E-state index contributed by atoms with van der Waals surface area (Å²) in [5.74, 6) is -1.59. The minimum atomic E-state index is -1.51. The molecule has 1 rings (SSSR count). The summed E-state index contributed by atoms with van der Waals surface area (Å²) >= 11 is 0. The van der Waals surface area contributed by atoms with Crippen molar-refractivity contribution in [2.75, 3.05) is 6.54 Å². The first-order valence-electron chi connectivity index (χ1n) is 6.25. The fourth-order valence-corrected chi connectivity index (χ4v) is 1.70. The van der Waals surface area contributed by atoms with Crippen molar-refractivity contribution >= 4 is 11.9 Å². The first-order valence-corrected chi connectivity index (χ1v) is 6.25. The molecule has 0 aliphatic carbocycles. The molecule has 5 N–H and O–H groups in total. The average molecular weight is 280 g/mol. The number of hydrogen-bond acceptors (Lipinski definition) is 4. The van der Waals surface area contributed by atoms with Crippen molar-refractivity contribution in [2.24, 2.45) is 5.73 Å². The van der Waals surface area contributed by atoms with E-state index in [9.17, 15) is 14.7 Å². The summed E-state index contributed by atoms with van der Waals surface area (Å²) in [6.07, 6.45) is -0.451. The molecule has 6 heteroatoms. The molecule has 0 spiro atoms. The van der Waals surface area contributed by atoms with Crippen molar-refractivity contribution in [1.29, 1.82) is 0 Å². The van der Waals surface area contributed by atoms with E-state index in [0.717, 1.165) is 5.56 Å². The Morgan fingerprint density at radius 3 is 2.40 bits per heavy atom. The van der Waals surface area contributed by atoms with Crippen LogP contribution in [0, 0.1) is 6.92 Å². The summed E-state index contributed by atoms with van der Waals surface area (Å²) < 4.78 is 0. The number of carbonyl (C=O) groups excluding carboxylic acids is 1. The molecule has 1 aromatic carbocycles. The summed E-state index contributed by atoms with van der Waals surface area (Å²) in [5.41, 5.74) is 6.02. The molecule has 0 aliphatic rings. The van der Waals surface area contributed by atoms with E-state index >= 15 is 0 Å². The molecular weight excluding hydrogens is 260 g/mol. The van der Waals surface area contributed by atoms with Crippen LogP contribution in [0.4, 0.5) is 0 Å². The Morgan fingerprint density at radius 2 is 1.90 bits per heavy atom. The van der Waals surface area contributed by atoms with Crippen molar-refractivity contribution in [3.8, 4) is 0 Å². The number of aliphatic carboxylic acids is 1. The maximum atomic E-state index is 11.9. The lowest BCUT2D eigenvalue weighted by molar-refractivity contribution is -0.142. The molecule has 2 atom stereocenters. The number of aliphatic hydroxyl groups is 1. The second-order valence-corrected chi connectivity index (χ2v) is 5.17. The highest BCUT2D eigenvalue weighted by molar-refractivity contribution is 5.83. The van der Waals surface area contributed by atoms with E-state index in [4.69, 9.17) is 10.8 Å². The van der Waals surface area contributed by atoms with Crippen LogP contribution >= 0.6 is 0 Å². The van der Waals surface area contributed by atoms with Gasteiger partial charge in [-0.1, -0.05) is 29.8 Å². The lowest BCUT2D eigenvalue weighted by Crippen LogP contribution is -2.44. The number of aryl methyl sites for hydroxylation is 1. The maximum absolute atomic E-state index is 11.9. The number of rotatable bonds is 6. The Hall–Kier alpha value is -1.92. The van der Waals surface area contributed by atoms with Gasteiger partial charge in [0.05, 0.1) is 12.0 Å². The van der Waals surface area contributed by atoms with Gasteiger partial charge in [0.25, 0.3) is 0 Å². The zero-order chi connectivity index (χ0) is 15.3. The summed E-state index contributed by atoms with van der Waals surface area (Å²) in [5, 5.41) is 20.9. The van der Waals surface area contributed by atoms with E-state index in [0.29, 0.717) is 5.56 Å². The van der Waals surface area contributed by atoms with E-state index in [2.05, 4.69) is 5.32 Å². The van der Waals surface area contributed by atoms with Gasteiger partial charge in [-0.05, 0) is 19.4 Å². The molecule has 20 heavy (non-hydrogen) atoms. The van der Waals surface area contributed by atoms with E-state index < -0.39 is 29.9 Å². The molecule has 0 bridgehead atoms. The number of hydrogen-bond donors (Lipinski definition) is 4. The third kappa shape index (κ3) is 4.99. The van der Waals surface area contributed by atoms with Crippen LogP contribution in [-0.2, 0) is 9.59 Å². The van der Waals surface area contributed by atoms with Gasteiger partial charge in [0.1, 0.15) is 6.04 Å². The molecule has 0 aromatic heterocycles. The highest BCUT2D eigenvalue weighted by Gasteiger charge is 2.26. The smallest absolute Gasteiger partial charge is 0.306 e. The lowest BCUT2D eigenvalue weighted by Gasteiger charge is -2.22. The summed E-state index contributed by atoms with van der Waals surface area (Å²) in [6, 6.07) is 6.37. The number of amides is 1. The van der Waals surface area contributed by atoms with Gasteiger partial charge in [-0.2, -0.15) is 0 Å². The van der Waals surface area contributed by atoms with E-state index in [1.54, 1.807) is 12.1 Å². The Kier molecular flexibility index (Phi) is 5.24. The zero-order valence-electron chi connectivity index (χ0n) is 11.6. The molecule has 2 unspecified atom stereocenters. The van der Waals surface area contributed by atoms with Crippen molar-refractivity contribution in [1.82, 2.24) is 5.32 Å². The van der Waals surface area contributed by atoms with Crippen LogP contribution in [0.15, 0.2) is 24.3 Å². The molecular formula is C14H20N2O4. The molecule has 1 amide bonds. The molecule has 0 fully saturated rings. The molecule has 110 valence electrons. The average Bonchev–Trinajstić information content (AvgIpc) is 2.34. The van der Waals surface area contributed by atoms with Crippen molar-refractivity contribution in [3.63, 3.8) is 0 Å². The predicted molar refractivity (Wildman–Crippen MR) is 74.0 cm³/mol. The van der Waals surface area contributed by atoms with Gasteiger partial charge in [0, 0.05) is 6.54 Å². The minimum absolute atomic E-state index is 0.169. The topological polar surface area (TPSA) is 113 Å². The number of nitrogens with two attached hydrogens (primary N) is 1. The summed E-state index contributed by atoms with van der Waals surface area (Å²) in [4.78, 5) is 22.4. The summed E-state index contributed by atoms with van der Waals surface area (Å²) in [7, 11) is 0. The van der Waals surface area contributed by atoms with Gasteiger partial charge in [-0.3, -0.25) is 9.59 Å². The van der Waals surface area contributed by atoms with Crippen LogP contribution in [0.2, 0.25) is 0 Å². The largest absolute Gasteiger partial charge is 0.481 e. The first kappa shape index (κ1) is 16.1. The molecule has 0 radical (unpaired) electrons. The predicted octanol–water partition coefficient (Wildman–Crippen LogP) is 0.337. The second kappa shape index (κ2) is 6.49. The van der Waals surface area contributed by atoms with Crippen LogP contribution in [0.25, 0.3) is 0 Å². The van der Waals surface area contributed by atoms with Gasteiger partial charge in [-0.25, -0.2) is 0 Å². The molecule has 0 aliphatic heterocycles. The first-order chi connectivity index (χ1) is 9.21. The second-order valence-electron chi connectivity index (χ2n) is 5.17. The van der Waals surface area contributed by atoms with E-state index in [1.807, 2.05) is 19.1 Å². The highest BCUT2D eigenvalue weighted by Crippen LogP contribution is 2.13. The van der Waals surface area contributed by atoms with Crippen molar-refractivity contribution in [2.45, 2.75) is 31.9 Å². The van der Waals surface area contributed by atoms with Gasteiger partial charge in [0.2, 0.25) is 5.91 Å². The third-order valence-corrected chi connectivity index (χ3v) is 2.89. The van der Waals surface area contributed by atoms with Gasteiger partial charge in [0.15, 0.2) is 0 Å². The fourth-order valence-electron chi connectivity index (χ4n) is 1.70. The number of benzene rings is 1. The Balaban J connectivity index is 2.58. The Bertz CT molecular complexity index is 482. The number of carboxylic acids is 1. The van der Waals surface area contributed by atoms with Gasteiger partial charge >= 0.3 is 5.97 Å². The molecule has 0 heterocycles. The van der Waals surface area contributed by atoms with Crippen LogP contribution in [-0.4, -0.2) is 34.2 Å². The molecule has 0 saturated carbocycles. The van der Waals surface area contributed by atoms with E-state index in [1.165, 1.54) is 6.92 Å². The third-order valence-electron chi connectivity index (χ3n) is 2.89. The quantitative estimate of drug-likeness (QED) is 0.600. The standard InChI is InChI=1S/C14H20N2O4/c1-9-3-5-10(6-4-9)12(15)13(19)16-8-14(2,20)7-11(17)18/h3-6,12,20H,7-8,15H2,1-2H3,(H,16,19)(H,17,18). The normalized spacial score (nSPS) is 15.2. The van der Waals surface area contributed by atoms with Crippen LogP contribution in [0.5, 0.6) is 0 Å². The lowest BCUT2D eigenvalue weighted by atomic mass is 10.0. The summed E-state index contributed by atoms with van der Waals surface area (Å²) in [6.45, 7) is 3.11. The highest BCUT2D eigenvalue weighted by atomic mass is 16.4. The number of nitrogens with one attached hydrogen (secondary N) is 1. The molecule has 1 aromatic rings. The zero-order valence-corrected chi connectivity index (χ0v) is 11.6. The van der Waals surface area contributed by atoms with Crippen molar-refractivity contribution in [3.05, 3.63) is 35.4 Å². The van der Waals surface area contributed by atoms with E-state index in [-0.39, 0.29) is 6.54 Å². The maximum Gasteiger partial charge on any atom is 0.306 e.